The van der Waals surface area contributed by atoms with E-state index in [-0.39, 0.29) is 0 Å². The quantitative estimate of drug-likeness (QED) is 0.535. The first-order chi connectivity index (χ1) is 6.79. The zero-order valence-electron chi connectivity index (χ0n) is 8.88. The first kappa shape index (κ1) is 8.28. The van der Waals surface area contributed by atoms with Gasteiger partial charge in [0.15, 0.2) is 0 Å². The van der Waals surface area contributed by atoms with Gasteiger partial charge < -0.3 is 0 Å². The minimum atomic E-state index is 0.765. The second-order valence-electron chi connectivity index (χ2n) is 4.77. The van der Waals surface area contributed by atoms with Crippen molar-refractivity contribution < 1.29 is 0 Å². The van der Waals surface area contributed by atoms with Crippen LogP contribution >= 0.6 is 0 Å². The summed E-state index contributed by atoms with van der Waals surface area (Å²) < 4.78 is 0. The highest BCUT2D eigenvalue weighted by Gasteiger charge is 2.41. The molecule has 3 rings (SSSR count). The van der Waals surface area contributed by atoms with Gasteiger partial charge in [0.05, 0.1) is 0 Å². The third-order valence-electron chi connectivity index (χ3n) is 3.82. The molecule has 72 valence electrons. The Labute approximate surface area is 85.6 Å². The van der Waals surface area contributed by atoms with E-state index in [0.717, 1.165) is 11.8 Å². The number of allylic oxidation sites excluding steroid dienone is 2. The summed E-state index contributed by atoms with van der Waals surface area (Å²) in [6.07, 6.45) is 2.75. The van der Waals surface area contributed by atoms with Gasteiger partial charge in [-0.3, -0.25) is 0 Å². The Morgan fingerprint density at radius 1 is 1.00 bits per heavy atom. The molecule has 0 spiro atoms. The first-order valence-electron chi connectivity index (χ1n) is 5.55. The zero-order chi connectivity index (χ0) is 9.71. The third kappa shape index (κ3) is 0.890. The van der Waals surface area contributed by atoms with Crippen molar-refractivity contribution in [2.24, 2.45) is 0 Å². The third-order valence-corrected chi connectivity index (χ3v) is 3.82. The molecule has 0 heteroatoms. The maximum absolute atomic E-state index is 2.32. The minimum Gasteiger partial charge on any atom is -0.0760 e. The van der Waals surface area contributed by atoms with E-state index in [2.05, 4.69) is 38.1 Å². The fourth-order valence-electron chi connectivity index (χ4n) is 3.38. The Morgan fingerprint density at radius 2 is 1.50 bits per heavy atom. The van der Waals surface area contributed by atoms with Gasteiger partial charge in [0.1, 0.15) is 0 Å². The largest absolute Gasteiger partial charge is 0.0760 e. The van der Waals surface area contributed by atoms with Crippen LogP contribution in [0.2, 0.25) is 0 Å². The van der Waals surface area contributed by atoms with Crippen LogP contribution in [0.15, 0.2) is 35.4 Å². The number of hydrogen-bond donors (Lipinski definition) is 0. The van der Waals surface area contributed by atoms with E-state index in [4.69, 9.17) is 0 Å². The number of benzene rings is 1. The van der Waals surface area contributed by atoms with Gasteiger partial charge in [0.25, 0.3) is 0 Å². The monoisotopic (exact) mass is 184 g/mol. The molecule has 2 aliphatic rings. The van der Waals surface area contributed by atoms with Crippen LogP contribution < -0.4 is 0 Å². The maximum atomic E-state index is 2.32. The molecule has 1 saturated carbocycles. The molecule has 0 unspecified atom stereocenters. The van der Waals surface area contributed by atoms with Gasteiger partial charge in [-0.15, -0.1) is 0 Å². The van der Waals surface area contributed by atoms with Crippen LogP contribution in [0, 0.1) is 0 Å². The molecule has 0 heterocycles. The van der Waals surface area contributed by atoms with Crippen molar-refractivity contribution in [3.05, 3.63) is 46.5 Å². The average molecular weight is 184 g/mol. The molecular weight excluding hydrogens is 168 g/mol. The SMILES string of the molecule is CC(C)=C1[C@H]2CC[C@@H]1c1ccccc12. The Bertz CT molecular complexity index is 375. The molecule has 1 aromatic rings. The summed E-state index contributed by atoms with van der Waals surface area (Å²) >= 11 is 0. The Kier molecular flexibility index (Phi) is 1.61. The summed E-state index contributed by atoms with van der Waals surface area (Å²) in [7, 11) is 0. The summed E-state index contributed by atoms with van der Waals surface area (Å²) in [5, 5.41) is 0. The van der Waals surface area contributed by atoms with Crippen molar-refractivity contribution in [1.82, 2.24) is 0 Å². The van der Waals surface area contributed by atoms with Crippen LogP contribution in [0.5, 0.6) is 0 Å². The second kappa shape index (κ2) is 2.73. The highest BCUT2D eigenvalue weighted by atomic mass is 14.4. The predicted molar refractivity (Wildman–Crippen MR) is 59.5 cm³/mol. The van der Waals surface area contributed by atoms with E-state index in [1.807, 2.05) is 0 Å². The smallest absolute Gasteiger partial charge is 0.00600 e. The van der Waals surface area contributed by atoms with Crippen LogP contribution in [0.4, 0.5) is 0 Å². The molecule has 2 aliphatic carbocycles. The average Bonchev–Trinajstić information content (AvgIpc) is 2.73. The molecular formula is C14H16. The lowest BCUT2D eigenvalue weighted by atomic mass is 9.92. The summed E-state index contributed by atoms with van der Waals surface area (Å²) in [4.78, 5) is 0. The van der Waals surface area contributed by atoms with E-state index in [9.17, 15) is 0 Å². The molecule has 0 nitrogen and oxygen atoms in total. The van der Waals surface area contributed by atoms with Gasteiger partial charge in [-0.05, 0) is 37.8 Å². The molecule has 0 radical (unpaired) electrons. The number of fused-ring (bicyclic) bond motifs is 5. The molecule has 1 fully saturated rings. The summed E-state index contributed by atoms with van der Waals surface area (Å²) in [5.41, 5.74) is 6.50. The van der Waals surface area contributed by atoms with Gasteiger partial charge in [0.2, 0.25) is 0 Å². The summed E-state index contributed by atoms with van der Waals surface area (Å²) in [6, 6.07) is 9.01. The van der Waals surface area contributed by atoms with Crippen LogP contribution in [0.25, 0.3) is 0 Å². The van der Waals surface area contributed by atoms with Gasteiger partial charge in [-0.1, -0.05) is 35.4 Å². The first-order valence-corrected chi connectivity index (χ1v) is 5.55. The van der Waals surface area contributed by atoms with Gasteiger partial charge in [-0.25, -0.2) is 0 Å². The van der Waals surface area contributed by atoms with Crippen LogP contribution in [0.1, 0.15) is 49.7 Å². The number of rotatable bonds is 0. The predicted octanol–water partition coefficient (Wildman–Crippen LogP) is 4.00. The lowest BCUT2D eigenvalue weighted by Crippen LogP contribution is -1.95. The van der Waals surface area contributed by atoms with Crippen molar-refractivity contribution >= 4 is 0 Å². The number of hydrogen-bond acceptors (Lipinski definition) is 0. The van der Waals surface area contributed by atoms with Gasteiger partial charge in [0, 0.05) is 11.8 Å². The van der Waals surface area contributed by atoms with Crippen LogP contribution in [-0.4, -0.2) is 0 Å². The Hall–Kier alpha value is -1.04. The molecule has 0 aliphatic heterocycles. The van der Waals surface area contributed by atoms with Crippen molar-refractivity contribution in [3.8, 4) is 0 Å². The molecule has 1 aromatic carbocycles. The molecule has 0 amide bonds. The highest BCUT2D eigenvalue weighted by Crippen LogP contribution is 2.57. The van der Waals surface area contributed by atoms with Gasteiger partial charge >= 0.3 is 0 Å². The molecule has 0 N–H and O–H groups in total. The van der Waals surface area contributed by atoms with Crippen molar-refractivity contribution in [1.29, 1.82) is 0 Å². The van der Waals surface area contributed by atoms with E-state index in [1.165, 1.54) is 12.8 Å². The summed E-state index contributed by atoms with van der Waals surface area (Å²) in [5.74, 6) is 1.53. The molecule has 2 atom stereocenters. The maximum Gasteiger partial charge on any atom is 0.00600 e. The second-order valence-corrected chi connectivity index (χ2v) is 4.77. The van der Waals surface area contributed by atoms with Gasteiger partial charge in [-0.2, -0.15) is 0 Å². The zero-order valence-corrected chi connectivity index (χ0v) is 8.88. The Morgan fingerprint density at radius 3 is 1.93 bits per heavy atom. The van der Waals surface area contributed by atoms with Crippen molar-refractivity contribution in [2.75, 3.05) is 0 Å². The fourth-order valence-corrected chi connectivity index (χ4v) is 3.38. The highest BCUT2D eigenvalue weighted by molar-refractivity contribution is 5.54. The van der Waals surface area contributed by atoms with E-state index >= 15 is 0 Å². The van der Waals surface area contributed by atoms with Crippen molar-refractivity contribution in [3.63, 3.8) is 0 Å². The molecule has 0 saturated heterocycles. The summed E-state index contributed by atoms with van der Waals surface area (Å²) in [6.45, 7) is 4.54. The van der Waals surface area contributed by atoms with E-state index < -0.39 is 0 Å². The molecule has 2 bridgehead atoms. The minimum absolute atomic E-state index is 0.765. The standard InChI is InChI=1S/C14H16/c1-9(2)14-12-7-8-13(14)11-6-4-3-5-10(11)12/h3-6,12-13H,7-8H2,1-2H3/t12-,13+. The van der Waals surface area contributed by atoms with E-state index in [1.54, 1.807) is 22.3 Å². The topological polar surface area (TPSA) is 0 Å². The fraction of sp³-hybridized carbons (Fsp3) is 0.429. The lowest BCUT2D eigenvalue weighted by molar-refractivity contribution is 0.717. The Balaban J connectivity index is 2.23. The molecule has 14 heavy (non-hydrogen) atoms. The van der Waals surface area contributed by atoms with Crippen molar-refractivity contribution in [2.45, 2.75) is 38.5 Å². The normalized spacial score (nSPS) is 28.0. The molecule has 0 aromatic heterocycles. The van der Waals surface area contributed by atoms with Crippen LogP contribution in [0.3, 0.4) is 0 Å². The van der Waals surface area contributed by atoms with Crippen LogP contribution in [-0.2, 0) is 0 Å². The van der Waals surface area contributed by atoms with E-state index in [0.29, 0.717) is 0 Å². The lowest BCUT2D eigenvalue weighted by Gasteiger charge is -2.12.